The number of hydrogen-bond donors (Lipinski definition) is 2. The van der Waals surface area contributed by atoms with Crippen molar-refractivity contribution >= 4 is 17.6 Å². The van der Waals surface area contributed by atoms with Crippen LogP contribution in [0.25, 0.3) is 0 Å². The van der Waals surface area contributed by atoms with Crippen molar-refractivity contribution in [2.75, 3.05) is 0 Å². The van der Waals surface area contributed by atoms with Crippen LogP contribution in [0.4, 0.5) is 9.18 Å². The Hall–Kier alpha value is -1.29. The Morgan fingerprint density at radius 2 is 2.19 bits per heavy atom. The molecule has 0 aliphatic heterocycles. The Bertz CT molecular complexity index is 382. The zero-order valence-corrected chi connectivity index (χ0v) is 9.94. The molecule has 0 atom stereocenters. The standard InChI is InChI=1S/C11H14ClFN2O/c1-7(2)15-11(16)14-6-8-3-4-10(13)9(12)5-8/h3-5,7H,6H2,1-2H3,(H2,14,15,16). The van der Waals surface area contributed by atoms with Gasteiger partial charge in [-0.2, -0.15) is 0 Å². The molecule has 0 saturated carbocycles. The van der Waals surface area contributed by atoms with E-state index in [9.17, 15) is 9.18 Å². The highest BCUT2D eigenvalue weighted by molar-refractivity contribution is 6.30. The molecule has 0 aliphatic carbocycles. The lowest BCUT2D eigenvalue weighted by atomic mass is 10.2. The molecule has 88 valence electrons. The lowest BCUT2D eigenvalue weighted by Crippen LogP contribution is -2.39. The second-order valence-corrected chi connectivity index (χ2v) is 4.14. The summed E-state index contributed by atoms with van der Waals surface area (Å²) in [7, 11) is 0. The third-order valence-corrected chi connectivity index (χ3v) is 2.15. The molecule has 16 heavy (non-hydrogen) atoms. The van der Waals surface area contributed by atoms with Crippen LogP contribution in [0.15, 0.2) is 18.2 Å². The van der Waals surface area contributed by atoms with E-state index in [0.717, 1.165) is 5.56 Å². The predicted octanol–water partition coefficient (Wildman–Crippen LogP) is 2.69. The summed E-state index contributed by atoms with van der Waals surface area (Å²) in [5.74, 6) is -0.461. The molecule has 2 N–H and O–H groups in total. The lowest BCUT2D eigenvalue weighted by molar-refractivity contribution is 0.238. The first-order chi connectivity index (χ1) is 7.49. The average molecular weight is 245 g/mol. The molecule has 0 saturated heterocycles. The van der Waals surface area contributed by atoms with Gasteiger partial charge in [0.05, 0.1) is 5.02 Å². The van der Waals surface area contributed by atoms with Gasteiger partial charge in [-0.25, -0.2) is 9.18 Å². The van der Waals surface area contributed by atoms with Gasteiger partial charge in [0.1, 0.15) is 5.82 Å². The molecule has 0 fully saturated rings. The van der Waals surface area contributed by atoms with Crippen LogP contribution in [-0.4, -0.2) is 12.1 Å². The predicted molar refractivity (Wildman–Crippen MR) is 61.9 cm³/mol. The van der Waals surface area contributed by atoms with Crippen molar-refractivity contribution in [3.63, 3.8) is 0 Å². The lowest BCUT2D eigenvalue weighted by Gasteiger charge is -2.10. The molecule has 1 aromatic rings. The van der Waals surface area contributed by atoms with Crippen molar-refractivity contribution in [2.24, 2.45) is 0 Å². The summed E-state index contributed by atoms with van der Waals surface area (Å²) in [4.78, 5) is 11.2. The van der Waals surface area contributed by atoms with E-state index in [0.29, 0.717) is 6.54 Å². The first-order valence-corrected chi connectivity index (χ1v) is 5.35. The summed E-state index contributed by atoms with van der Waals surface area (Å²) in [5, 5.41) is 5.39. The van der Waals surface area contributed by atoms with Gasteiger partial charge in [-0.05, 0) is 31.5 Å². The normalized spacial score (nSPS) is 10.3. The summed E-state index contributed by atoms with van der Waals surface area (Å²) in [6, 6.07) is 4.18. The van der Waals surface area contributed by atoms with Crippen molar-refractivity contribution in [1.82, 2.24) is 10.6 Å². The monoisotopic (exact) mass is 244 g/mol. The van der Waals surface area contributed by atoms with Gasteiger partial charge >= 0.3 is 6.03 Å². The Balaban J connectivity index is 2.48. The molecule has 2 amide bonds. The van der Waals surface area contributed by atoms with Crippen molar-refractivity contribution in [1.29, 1.82) is 0 Å². The molecule has 5 heteroatoms. The van der Waals surface area contributed by atoms with E-state index >= 15 is 0 Å². The number of carbonyl (C=O) groups excluding carboxylic acids is 1. The minimum absolute atomic E-state index is 0.0589. The fourth-order valence-corrected chi connectivity index (χ4v) is 1.35. The second-order valence-electron chi connectivity index (χ2n) is 3.73. The Labute approximate surface area is 99.0 Å². The van der Waals surface area contributed by atoms with Crippen LogP contribution in [0.5, 0.6) is 0 Å². The quantitative estimate of drug-likeness (QED) is 0.843. The van der Waals surface area contributed by atoms with Crippen molar-refractivity contribution < 1.29 is 9.18 Å². The van der Waals surface area contributed by atoms with Gasteiger partial charge in [-0.1, -0.05) is 17.7 Å². The number of benzene rings is 1. The largest absolute Gasteiger partial charge is 0.336 e. The first kappa shape index (κ1) is 12.8. The van der Waals surface area contributed by atoms with Gasteiger partial charge in [0, 0.05) is 12.6 Å². The van der Waals surface area contributed by atoms with Crippen LogP contribution in [0.2, 0.25) is 5.02 Å². The van der Waals surface area contributed by atoms with E-state index in [2.05, 4.69) is 10.6 Å². The fraction of sp³-hybridized carbons (Fsp3) is 0.364. The van der Waals surface area contributed by atoms with Gasteiger partial charge in [0.2, 0.25) is 0 Å². The number of amides is 2. The van der Waals surface area contributed by atoms with Crippen LogP contribution < -0.4 is 10.6 Å². The van der Waals surface area contributed by atoms with Crippen molar-refractivity contribution in [2.45, 2.75) is 26.4 Å². The van der Waals surface area contributed by atoms with Gasteiger partial charge in [0.15, 0.2) is 0 Å². The number of hydrogen-bond acceptors (Lipinski definition) is 1. The van der Waals surface area contributed by atoms with Gasteiger partial charge in [0.25, 0.3) is 0 Å². The zero-order valence-electron chi connectivity index (χ0n) is 9.18. The van der Waals surface area contributed by atoms with Gasteiger partial charge in [-0.3, -0.25) is 0 Å². The third kappa shape index (κ3) is 4.06. The zero-order chi connectivity index (χ0) is 12.1. The Morgan fingerprint density at radius 3 is 2.75 bits per heavy atom. The highest BCUT2D eigenvalue weighted by Gasteiger charge is 2.04. The molecular weight excluding hydrogens is 231 g/mol. The SMILES string of the molecule is CC(C)NC(=O)NCc1ccc(F)c(Cl)c1. The Morgan fingerprint density at radius 1 is 1.50 bits per heavy atom. The molecule has 3 nitrogen and oxygen atoms in total. The molecule has 0 aromatic heterocycles. The maximum absolute atomic E-state index is 12.8. The van der Waals surface area contributed by atoms with Gasteiger partial charge in [-0.15, -0.1) is 0 Å². The summed E-state index contributed by atoms with van der Waals surface area (Å²) < 4.78 is 12.8. The topological polar surface area (TPSA) is 41.1 Å². The molecule has 0 spiro atoms. The molecule has 0 radical (unpaired) electrons. The van der Waals surface area contributed by atoms with Gasteiger partial charge < -0.3 is 10.6 Å². The van der Waals surface area contributed by atoms with Crippen molar-refractivity contribution in [3.8, 4) is 0 Å². The van der Waals surface area contributed by atoms with E-state index in [1.54, 1.807) is 6.07 Å². The minimum atomic E-state index is -0.461. The van der Waals surface area contributed by atoms with Crippen molar-refractivity contribution in [3.05, 3.63) is 34.6 Å². The molecule has 0 bridgehead atoms. The highest BCUT2D eigenvalue weighted by Crippen LogP contribution is 2.15. The van der Waals surface area contributed by atoms with E-state index < -0.39 is 5.82 Å². The van der Waals surface area contributed by atoms with E-state index in [-0.39, 0.29) is 17.1 Å². The summed E-state index contributed by atoms with van der Waals surface area (Å²) in [5.41, 5.74) is 0.755. The molecule has 1 aromatic carbocycles. The van der Waals surface area contributed by atoms with Crippen LogP contribution in [0, 0.1) is 5.82 Å². The second kappa shape index (κ2) is 5.70. The van der Waals surface area contributed by atoms with Crippen LogP contribution in [0.1, 0.15) is 19.4 Å². The number of nitrogens with one attached hydrogen (secondary N) is 2. The highest BCUT2D eigenvalue weighted by atomic mass is 35.5. The van der Waals surface area contributed by atoms with Crippen LogP contribution >= 0.6 is 11.6 Å². The summed E-state index contributed by atoms with van der Waals surface area (Å²) in [6.07, 6.45) is 0. The molecule has 0 heterocycles. The smallest absolute Gasteiger partial charge is 0.315 e. The average Bonchev–Trinajstić information content (AvgIpc) is 2.19. The molecule has 1 rings (SSSR count). The Kier molecular flexibility index (Phi) is 4.55. The van der Waals surface area contributed by atoms with Crippen LogP contribution in [0.3, 0.4) is 0 Å². The van der Waals surface area contributed by atoms with E-state index in [1.165, 1.54) is 12.1 Å². The maximum atomic E-state index is 12.8. The molecular formula is C11H14ClFN2O. The molecule has 0 aliphatic rings. The number of rotatable bonds is 3. The van der Waals surface area contributed by atoms with Crippen LogP contribution in [-0.2, 0) is 6.54 Å². The fourth-order valence-electron chi connectivity index (χ4n) is 1.15. The minimum Gasteiger partial charge on any atom is -0.336 e. The summed E-state index contributed by atoms with van der Waals surface area (Å²) in [6.45, 7) is 4.06. The maximum Gasteiger partial charge on any atom is 0.315 e. The molecule has 0 unspecified atom stereocenters. The number of urea groups is 1. The number of carbonyl (C=O) groups is 1. The first-order valence-electron chi connectivity index (χ1n) is 4.97. The van der Waals surface area contributed by atoms with E-state index in [1.807, 2.05) is 13.8 Å². The third-order valence-electron chi connectivity index (χ3n) is 1.86. The summed E-state index contributed by atoms with van der Waals surface area (Å²) >= 11 is 5.61. The number of halogens is 2. The van der Waals surface area contributed by atoms with E-state index in [4.69, 9.17) is 11.6 Å².